The van der Waals surface area contributed by atoms with Gasteiger partial charge >= 0.3 is 39.5 Å². The molecule has 0 heterocycles. The van der Waals surface area contributed by atoms with Crippen LogP contribution < -0.4 is 0 Å². The van der Waals surface area contributed by atoms with Crippen LogP contribution in [0.2, 0.25) is 0 Å². The summed E-state index contributed by atoms with van der Waals surface area (Å²) in [5.74, 6) is 1.06. The third kappa shape index (κ3) is 73.4. The van der Waals surface area contributed by atoms with E-state index in [4.69, 9.17) is 37.0 Å². The summed E-state index contributed by atoms with van der Waals surface area (Å²) in [6, 6.07) is 0. The first kappa shape index (κ1) is 99.1. The summed E-state index contributed by atoms with van der Waals surface area (Å²) >= 11 is 0. The van der Waals surface area contributed by atoms with Crippen molar-refractivity contribution in [3.05, 3.63) is 0 Å². The number of phosphoric acid groups is 2. The van der Waals surface area contributed by atoms with E-state index in [0.717, 1.165) is 114 Å². The Labute approximate surface area is 619 Å². The van der Waals surface area contributed by atoms with Crippen LogP contribution in [0.25, 0.3) is 0 Å². The number of phosphoric ester groups is 2. The van der Waals surface area contributed by atoms with Gasteiger partial charge in [-0.25, -0.2) is 9.13 Å². The van der Waals surface area contributed by atoms with Crippen LogP contribution in [0.15, 0.2) is 0 Å². The van der Waals surface area contributed by atoms with Gasteiger partial charge in [-0.05, 0) is 49.4 Å². The SMILES string of the molecule is CCC(C)CCCCCCCCCCCCCCCCC(=O)O[C@H](COC(=O)CCCCCCCCCCCCC(C)CC)COP(=O)(O)OCC(O)COP(=O)(O)OC[C@@H](COC(=O)CCCCCCCCCC(C)C)OC(=O)CCCCCCCCCCCCCCCCCCC(C)C. The van der Waals surface area contributed by atoms with Crippen LogP contribution in [-0.4, -0.2) is 96.7 Å². The Kier molecular flexibility index (Phi) is 69.6. The standard InChI is InChI=1S/C82H160O17P2/c1-9-74(7)60-52-44-36-28-22-18-15-16-20-24-32-40-49-57-65-81(86)98-77(68-92-79(84)62-54-46-38-30-26-25-29-37-45-53-61-75(8)10-2)70-96-100(88,89)94-66-76(83)67-95-101(90,91)97-71-78(69-93-80(85)63-55-47-41-33-35-43-51-59-73(5)6)99-82(87)64-56-48-39-31-23-19-14-12-11-13-17-21-27-34-42-50-58-72(3)4/h72-78,83H,9-71H2,1-8H3,(H,88,89)(H,90,91)/t74?,75?,76?,77-,78-/m1/s1. The van der Waals surface area contributed by atoms with E-state index in [1.165, 1.54) is 218 Å². The van der Waals surface area contributed by atoms with E-state index in [0.29, 0.717) is 31.6 Å². The maximum atomic E-state index is 13.1. The Bertz CT molecular complexity index is 1980. The third-order valence-corrected chi connectivity index (χ3v) is 21.7. The van der Waals surface area contributed by atoms with Crippen LogP contribution in [0.4, 0.5) is 0 Å². The van der Waals surface area contributed by atoms with Crippen LogP contribution in [0, 0.1) is 23.7 Å². The lowest BCUT2D eigenvalue weighted by molar-refractivity contribution is -0.161. The van der Waals surface area contributed by atoms with Gasteiger partial charge in [0.1, 0.15) is 19.3 Å². The maximum Gasteiger partial charge on any atom is 0.472 e. The fraction of sp³-hybridized carbons (Fsp3) is 0.951. The topological polar surface area (TPSA) is 237 Å². The summed E-state index contributed by atoms with van der Waals surface area (Å²) in [7, 11) is -9.92. The smallest absolute Gasteiger partial charge is 0.462 e. The van der Waals surface area contributed by atoms with Gasteiger partial charge in [-0.3, -0.25) is 37.3 Å². The van der Waals surface area contributed by atoms with Gasteiger partial charge < -0.3 is 33.8 Å². The Hall–Kier alpha value is -1.94. The number of aliphatic hydroxyl groups excluding tert-OH is 1. The third-order valence-electron chi connectivity index (χ3n) is 19.8. The molecule has 0 spiro atoms. The average molecular weight is 1480 g/mol. The molecule has 600 valence electrons. The normalized spacial score (nSPS) is 14.5. The second kappa shape index (κ2) is 71.0. The summed E-state index contributed by atoms with van der Waals surface area (Å²) in [4.78, 5) is 73.1. The molecule has 0 aliphatic carbocycles. The first-order valence-electron chi connectivity index (χ1n) is 42.3. The Morgan fingerprint density at radius 3 is 0.703 bits per heavy atom. The van der Waals surface area contributed by atoms with E-state index in [-0.39, 0.29) is 25.7 Å². The quantitative estimate of drug-likeness (QED) is 0.0222. The molecule has 0 amide bonds. The molecule has 0 rings (SSSR count). The van der Waals surface area contributed by atoms with Crippen molar-refractivity contribution in [1.29, 1.82) is 0 Å². The lowest BCUT2D eigenvalue weighted by atomic mass is 9.99. The number of aliphatic hydroxyl groups is 1. The van der Waals surface area contributed by atoms with Gasteiger partial charge in [0.25, 0.3) is 0 Å². The number of esters is 4. The predicted molar refractivity (Wildman–Crippen MR) is 414 cm³/mol. The van der Waals surface area contributed by atoms with Crippen LogP contribution in [0.5, 0.6) is 0 Å². The highest BCUT2D eigenvalue weighted by atomic mass is 31.2. The van der Waals surface area contributed by atoms with Gasteiger partial charge in [-0.1, -0.05) is 370 Å². The second-order valence-electron chi connectivity index (χ2n) is 31.0. The number of carbonyl (C=O) groups excluding carboxylic acids is 4. The van der Waals surface area contributed by atoms with Crippen LogP contribution >= 0.6 is 15.6 Å². The predicted octanol–water partition coefficient (Wildman–Crippen LogP) is 24.4. The average Bonchev–Trinajstić information content (AvgIpc) is 0.943. The van der Waals surface area contributed by atoms with Crippen molar-refractivity contribution in [3.8, 4) is 0 Å². The molecular weight excluding hydrogens is 1320 g/mol. The molecule has 17 nitrogen and oxygen atoms in total. The fourth-order valence-electron chi connectivity index (χ4n) is 12.5. The molecule has 0 aliphatic rings. The van der Waals surface area contributed by atoms with E-state index < -0.39 is 97.5 Å². The van der Waals surface area contributed by atoms with Crippen molar-refractivity contribution in [2.45, 2.75) is 440 Å². The summed E-state index contributed by atoms with van der Waals surface area (Å²) < 4.78 is 68.8. The molecule has 0 saturated heterocycles. The molecule has 5 unspecified atom stereocenters. The van der Waals surface area contributed by atoms with E-state index in [1.807, 2.05) is 0 Å². The molecule has 19 heteroatoms. The molecule has 0 aromatic heterocycles. The van der Waals surface area contributed by atoms with Crippen molar-refractivity contribution in [3.63, 3.8) is 0 Å². The Morgan fingerprint density at radius 2 is 0.475 bits per heavy atom. The highest BCUT2D eigenvalue weighted by Crippen LogP contribution is 2.45. The zero-order valence-corrected chi connectivity index (χ0v) is 68.3. The molecule has 101 heavy (non-hydrogen) atoms. The highest BCUT2D eigenvalue weighted by molar-refractivity contribution is 7.47. The van der Waals surface area contributed by atoms with Crippen molar-refractivity contribution in [2.24, 2.45) is 23.7 Å². The largest absolute Gasteiger partial charge is 0.472 e. The van der Waals surface area contributed by atoms with E-state index >= 15 is 0 Å². The van der Waals surface area contributed by atoms with E-state index in [9.17, 15) is 43.2 Å². The molecule has 0 aromatic rings. The van der Waals surface area contributed by atoms with E-state index in [2.05, 4.69) is 55.4 Å². The van der Waals surface area contributed by atoms with E-state index in [1.54, 1.807) is 0 Å². The lowest BCUT2D eigenvalue weighted by Gasteiger charge is -2.21. The highest BCUT2D eigenvalue weighted by Gasteiger charge is 2.30. The fourth-order valence-corrected chi connectivity index (χ4v) is 14.1. The van der Waals surface area contributed by atoms with Gasteiger partial charge in [0.2, 0.25) is 0 Å². The number of unbranched alkanes of at least 4 members (excludes halogenated alkanes) is 43. The van der Waals surface area contributed by atoms with Crippen molar-refractivity contribution in [1.82, 2.24) is 0 Å². The zero-order chi connectivity index (χ0) is 74.6. The van der Waals surface area contributed by atoms with Gasteiger partial charge in [0.05, 0.1) is 26.4 Å². The van der Waals surface area contributed by atoms with Crippen molar-refractivity contribution < 1.29 is 80.2 Å². The Balaban J connectivity index is 5.24. The zero-order valence-electron chi connectivity index (χ0n) is 66.5. The van der Waals surface area contributed by atoms with Crippen LogP contribution in [0.3, 0.4) is 0 Å². The van der Waals surface area contributed by atoms with Crippen LogP contribution in [-0.2, 0) is 65.4 Å². The molecule has 0 saturated carbocycles. The lowest BCUT2D eigenvalue weighted by Crippen LogP contribution is -2.30. The minimum atomic E-state index is -4.96. The summed E-state index contributed by atoms with van der Waals surface area (Å²) in [5.41, 5.74) is 0. The van der Waals surface area contributed by atoms with Gasteiger partial charge in [0.15, 0.2) is 12.2 Å². The second-order valence-corrected chi connectivity index (χ2v) is 33.9. The molecule has 3 N–H and O–H groups in total. The van der Waals surface area contributed by atoms with Crippen molar-refractivity contribution >= 4 is 39.5 Å². The molecule has 0 bridgehead atoms. The minimum absolute atomic E-state index is 0.107. The van der Waals surface area contributed by atoms with Crippen LogP contribution in [0.1, 0.15) is 421 Å². The summed E-state index contributed by atoms with van der Waals surface area (Å²) in [6.07, 6.45) is 58.2. The first-order valence-corrected chi connectivity index (χ1v) is 45.3. The van der Waals surface area contributed by atoms with Gasteiger partial charge in [0, 0.05) is 25.7 Å². The van der Waals surface area contributed by atoms with Gasteiger partial charge in [-0.15, -0.1) is 0 Å². The maximum absolute atomic E-state index is 13.1. The molecule has 0 radical (unpaired) electrons. The number of hydrogen-bond acceptors (Lipinski definition) is 15. The molecule has 7 atom stereocenters. The first-order chi connectivity index (χ1) is 48.7. The number of rotatable bonds is 79. The number of carbonyl (C=O) groups is 4. The molecule has 0 fully saturated rings. The Morgan fingerprint density at radius 1 is 0.277 bits per heavy atom. The monoisotopic (exact) mass is 1480 g/mol. The van der Waals surface area contributed by atoms with Crippen molar-refractivity contribution in [2.75, 3.05) is 39.6 Å². The molecule has 0 aliphatic heterocycles. The molecular formula is C82H160O17P2. The number of hydrogen-bond donors (Lipinski definition) is 3. The van der Waals surface area contributed by atoms with Gasteiger partial charge in [-0.2, -0.15) is 0 Å². The number of ether oxygens (including phenoxy) is 4. The minimum Gasteiger partial charge on any atom is -0.462 e. The summed E-state index contributed by atoms with van der Waals surface area (Å²) in [6.45, 7) is 14.3. The summed E-state index contributed by atoms with van der Waals surface area (Å²) in [5, 5.41) is 10.6. The molecule has 0 aromatic carbocycles.